The molecule has 4 bridgehead atoms. The van der Waals surface area contributed by atoms with Crippen molar-refractivity contribution in [2.45, 2.75) is 108 Å². The summed E-state index contributed by atoms with van der Waals surface area (Å²) in [6, 6.07) is 76.4. The van der Waals surface area contributed by atoms with Gasteiger partial charge in [-0.1, -0.05) is 168 Å². The molecule has 2 heteroatoms. The van der Waals surface area contributed by atoms with E-state index in [1.54, 1.807) is 5.56 Å². The molecule has 0 amide bonds. The van der Waals surface area contributed by atoms with Gasteiger partial charge in [0.1, 0.15) is 0 Å². The summed E-state index contributed by atoms with van der Waals surface area (Å²) in [5, 5.41) is 0. The number of para-hydroxylation sites is 2. The predicted molar refractivity (Wildman–Crippen MR) is 303 cm³/mol. The van der Waals surface area contributed by atoms with Gasteiger partial charge in [0.25, 0.3) is 0 Å². The average molecular weight is 939 g/mol. The molecule has 8 aromatic carbocycles. The molecule has 5 fully saturated rings. The molecule has 0 aliphatic heterocycles. The van der Waals surface area contributed by atoms with Crippen LogP contribution in [-0.2, 0) is 16.2 Å². The van der Waals surface area contributed by atoms with E-state index in [-0.39, 0.29) is 10.8 Å². The fraction of sp³-hybridized carbons (Fsp3) is 0.314. The van der Waals surface area contributed by atoms with Gasteiger partial charge in [-0.15, -0.1) is 0 Å². The quantitative estimate of drug-likeness (QED) is 0.127. The molecule has 0 saturated heterocycles. The molecule has 8 aromatic rings. The van der Waals surface area contributed by atoms with E-state index in [1.807, 2.05) is 0 Å². The fourth-order valence-electron chi connectivity index (χ4n) is 15.7. The molecule has 72 heavy (non-hydrogen) atoms. The van der Waals surface area contributed by atoms with E-state index in [1.165, 1.54) is 124 Å². The molecule has 14 rings (SSSR count). The molecule has 0 radical (unpaired) electrons. The Kier molecular flexibility index (Phi) is 11.2. The van der Waals surface area contributed by atoms with Crippen LogP contribution in [0.3, 0.4) is 0 Å². The van der Waals surface area contributed by atoms with Crippen molar-refractivity contribution in [2.75, 3.05) is 9.80 Å². The largest absolute Gasteiger partial charge is 0.311 e. The number of hydrogen-bond acceptors (Lipinski definition) is 2. The van der Waals surface area contributed by atoms with E-state index >= 15 is 0 Å². The molecule has 2 atom stereocenters. The Hall–Kier alpha value is -6.64. The molecule has 6 aliphatic carbocycles. The lowest BCUT2D eigenvalue weighted by Crippen LogP contribution is -2.48. The summed E-state index contributed by atoms with van der Waals surface area (Å²) in [5.41, 5.74) is 19.8. The highest BCUT2D eigenvalue weighted by molar-refractivity contribution is 5.94. The first-order valence-electron chi connectivity index (χ1n) is 27.5. The van der Waals surface area contributed by atoms with Gasteiger partial charge in [0, 0.05) is 45.0 Å². The second-order valence-corrected chi connectivity index (χ2v) is 23.8. The third kappa shape index (κ3) is 7.66. The lowest BCUT2D eigenvalue weighted by atomic mass is 9.48. The van der Waals surface area contributed by atoms with E-state index in [4.69, 9.17) is 0 Å². The first-order chi connectivity index (χ1) is 35.2. The molecule has 5 saturated carbocycles. The minimum Gasteiger partial charge on any atom is -0.311 e. The lowest BCUT2D eigenvalue weighted by Gasteiger charge is -2.57. The van der Waals surface area contributed by atoms with Crippen molar-refractivity contribution in [3.63, 3.8) is 0 Å². The van der Waals surface area contributed by atoms with Crippen LogP contribution in [0.4, 0.5) is 34.1 Å². The molecule has 2 nitrogen and oxygen atoms in total. The van der Waals surface area contributed by atoms with Crippen LogP contribution < -0.4 is 9.80 Å². The van der Waals surface area contributed by atoms with Gasteiger partial charge in [-0.05, 0) is 209 Å². The Morgan fingerprint density at radius 3 is 1.43 bits per heavy atom. The van der Waals surface area contributed by atoms with Crippen LogP contribution in [-0.4, -0.2) is 0 Å². The number of fused-ring (bicyclic) bond motifs is 3. The predicted octanol–water partition coefficient (Wildman–Crippen LogP) is 19.2. The molecule has 0 spiro atoms. The zero-order valence-corrected chi connectivity index (χ0v) is 42.9. The van der Waals surface area contributed by atoms with Crippen LogP contribution in [0.25, 0.3) is 22.3 Å². The van der Waals surface area contributed by atoms with E-state index in [0.29, 0.717) is 17.3 Å². The van der Waals surface area contributed by atoms with Gasteiger partial charge in [-0.2, -0.15) is 0 Å². The Morgan fingerprint density at radius 1 is 0.431 bits per heavy atom. The number of hydrogen-bond donors (Lipinski definition) is 0. The van der Waals surface area contributed by atoms with Crippen molar-refractivity contribution in [3.8, 4) is 22.3 Å². The summed E-state index contributed by atoms with van der Waals surface area (Å²) in [6.45, 7) is 9.68. The second-order valence-electron chi connectivity index (χ2n) is 23.8. The fourth-order valence-corrected chi connectivity index (χ4v) is 15.7. The standard InChI is InChI=1S/C70H70N2/c1-48(2)53-18-15-39-70(47-53,55-27-33-60(34-28-55)71(57-19-10-6-11-20-57)59-31-25-54(26-32-59)69-44-49-40-50(45-69)42-51(41-49)46-69)56-29-35-61(36-30-56)72(58-21-12-7-13-22-58)62-37-38-64-66(43-62)68(3,4)65-24-14-23-63(67(64)65)52-16-8-5-9-17-52/h5-14,16-17,19-38,43,48-51,53H,15,18,39-42,44-47H2,1-4H3. The number of benzene rings is 8. The molecule has 0 aromatic heterocycles. The molecular formula is C70H70N2. The van der Waals surface area contributed by atoms with Crippen molar-refractivity contribution in [2.24, 2.45) is 29.6 Å². The Balaban J connectivity index is 0.851. The van der Waals surface area contributed by atoms with E-state index in [0.717, 1.165) is 36.3 Å². The van der Waals surface area contributed by atoms with Gasteiger partial charge in [-0.3, -0.25) is 0 Å². The molecule has 2 unspecified atom stereocenters. The third-order valence-electron chi connectivity index (χ3n) is 18.9. The Labute approximate surface area is 429 Å². The summed E-state index contributed by atoms with van der Waals surface area (Å²) in [5.74, 6) is 4.12. The molecule has 0 heterocycles. The highest BCUT2D eigenvalue weighted by atomic mass is 15.1. The SMILES string of the molecule is CC(C)C1CCCC(c2ccc(N(c3ccccc3)c3ccc(C45CC6CC(CC(C6)C4)C5)cc3)cc2)(c2ccc(N(c3ccccc3)c3ccc4c(c3)C(C)(C)c3cccc(-c5ccccc5)c3-4)cc2)C1. The smallest absolute Gasteiger partial charge is 0.0465 e. The Morgan fingerprint density at radius 2 is 0.903 bits per heavy atom. The summed E-state index contributed by atoms with van der Waals surface area (Å²) in [6.07, 6.45) is 13.5. The molecule has 6 aliphatic rings. The average Bonchev–Trinajstić information content (AvgIpc) is 3.65. The first-order valence-corrected chi connectivity index (χ1v) is 27.5. The second kappa shape index (κ2) is 17.8. The maximum Gasteiger partial charge on any atom is 0.0465 e. The number of anilines is 6. The van der Waals surface area contributed by atoms with E-state index in [9.17, 15) is 0 Å². The van der Waals surface area contributed by atoms with Gasteiger partial charge in [-0.25, -0.2) is 0 Å². The summed E-state index contributed by atoms with van der Waals surface area (Å²) < 4.78 is 0. The van der Waals surface area contributed by atoms with Crippen LogP contribution >= 0.6 is 0 Å². The van der Waals surface area contributed by atoms with Crippen molar-refractivity contribution in [1.82, 2.24) is 0 Å². The third-order valence-corrected chi connectivity index (χ3v) is 18.9. The minimum atomic E-state index is -0.149. The number of rotatable bonds is 11. The van der Waals surface area contributed by atoms with Gasteiger partial charge in [0.05, 0.1) is 0 Å². The maximum absolute atomic E-state index is 2.50. The van der Waals surface area contributed by atoms with Crippen LogP contribution in [0.15, 0.2) is 200 Å². The van der Waals surface area contributed by atoms with Gasteiger partial charge < -0.3 is 9.80 Å². The van der Waals surface area contributed by atoms with Gasteiger partial charge in [0.2, 0.25) is 0 Å². The normalized spacial score (nSPS) is 24.5. The lowest BCUT2D eigenvalue weighted by molar-refractivity contribution is -0.00518. The van der Waals surface area contributed by atoms with Crippen molar-refractivity contribution >= 4 is 34.1 Å². The summed E-state index contributed by atoms with van der Waals surface area (Å²) >= 11 is 0. The topological polar surface area (TPSA) is 6.48 Å². The summed E-state index contributed by atoms with van der Waals surface area (Å²) in [4.78, 5) is 4.94. The van der Waals surface area contributed by atoms with E-state index < -0.39 is 0 Å². The Bertz CT molecular complexity index is 3170. The zero-order valence-electron chi connectivity index (χ0n) is 42.9. The maximum atomic E-state index is 2.50. The van der Waals surface area contributed by atoms with E-state index in [2.05, 4.69) is 238 Å². The van der Waals surface area contributed by atoms with Crippen molar-refractivity contribution < 1.29 is 0 Å². The molecule has 360 valence electrons. The molecular weight excluding hydrogens is 869 g/mol. The number of nitrogens with zero attached hydrogens (tertiary/aromatic N) is 2. The van der Waals surface area contributed by atoms with Crippen LogP contribution in [0.2, 0.25) is 0 Å². The van der Waals surface area contributed by atoms with Crippen LogP contribution in [0.5, 0.6) is 0 Å². The van der Waals surface area contributed by atoms with Gasteiger partial charge in [0.15, 0.2) is 0 Å². The zero-order chi connectivity index (χ0) is 48.6. The first kappa shape index (κ1) is 45.2. The minimum absolute atomic E-state index is 0.0846. The van der Waals surface area contributed by atoms with Crippen molar-refractivity contribution in [1.29, 1.82) is 0 Å². The van der Waals surface area contributed by atoms with Crippen molar-refractivity contribution in [3.05, 3.63) is 228 Å². The monoisotopic (exact) mass is 939 g/mol. The highest BCUT2D eigenvalue weighted by Crippen LogP contribution is 2.61. The van der Waals surface area contributed by atoms with Gasteiger partial charge >= 0.3 is 0 Å². The van der Waals surface area contributed by atoms with Crippen LogP contribution in [0.1, 0.15) is 120 Å². The van der Waals surface area contributed by atoms with Crippen LogP contribution in [0, 0.1) is 29.6 Å². The molecule has 0 N–H and O–H groups in total. The summed E-state index contributed by atoms with van der Waals surface area (Å²) in [7, 11) is 0. The highest BCUT2D eigenvalue weighted by Gasteiger charge is 2.51.